The number of amides is 2. The van der Waals surface area contributed by atoms with Crippen molar-refractivity contribution in [1.29, 1.82) is 0 Å². The first-order valence-electron chi connectivity index (χ1n) is 9.91. The zero-order chi connectivity index (χ0) is 19.3. The van der Waals surface area contributed by atoms with Crippen LogP contribution in [-0.2, 0) is 9.53 Å². The summed E-state index contributed by atoms with van der Waals surface area (Å²) < 4.78 is 5.36. The molecule has 0 bridgehead atoms. The number of rotatable bonds is 6. The minimum Gasteiger partial charge on any atom is -0.396 e. The van der Waals surface area contributed by atoms with Crippen molar-refractivity contribution in [3.8, 4) is 0 Å². The van der Waals surface area contributed by atoms with E-state index in [9.17, 15) is 14.7 Å². The van der Waals surface area contributed by atoms with Crippen LogP contribution in [-0.4, -0.2) is 43.3 Å². The number of aryl methyl sites for hydroxylation is 1. The SMILES string of the molecule is Cc1ccc(C(=O)NCC2(CO)CCOCC2)cc1NC(=O)C1CCCC1. The largest absolute Gasteiger partial charge is 0.396 e. The van der Waals surface area contributed by atoms with E-state index in [2.05, 4.69) is 10.6 Å². The second-order valence-electron chi connectivity index (χ2n) is 7.95. The molecule has 1 heterocycles. The van der Waals surface area contributed by atoms with Crippen LogP contribution in [0, 0.1) is 18.3 Å². The molecule has 1 saturated heterocycles. The molecule has 0 radical (unpaired) electrons. The number of anilines is 1. The first-order valence-corrected chi connectivity index (χ1v) is 9.91. The van der Waals surface area contributed by atoms with Gasteiger partial charge in [-0.05, 0) is 50.3 Å². The fraction of sp³-hybridized carbons (Fsp3) is 0.619. The fourth-order valence-corrected chi connectivity index (χ4v) is 3.89. The molecule has 6 heteroatoms. The number of aliphatic hydroxyl groups excluding tert-OH is 1. The van der Waals surface area contributed by atoms with Gasteiger partial charge >= 0.3 is 0 Å². The average molecular weight is 374 g/mol. The number of aliphatic hydroxyl groups is 1. The summed E-state index contributed by atoms with van der Waals surface area (Å²) in [5.74, 6) is -0.0555. The van der Waals surface area contributed by atoms with E-state index in [1.807, 2.05) is 13.0 Å². The normalized spacial score (nSPS) is 19.6. The quantitative estimate of drug-likeness (QED) is 0.714. The van der Waals surface area contributed by atoms with Gasteiger partial charge in [0.2, 0.25) is 5.91 Å². The highest BCUT2D eigenvalue weighted by molar-refractivity contribution is 5.98. The maximum atomic E-state index is 12.6. The molecule has 1 aromatic rings. The van der Waals surface area contributed by atoms with Crippen LogP contribution in [0.3, 0.4) is 0 Å². The summed E-state index contributed by atoms with van der Waals surface area (Å²) in [6, 6.07) is 5.37. The van der Waals surface area contributed by atoms with E-state index in [4.69, 9.17) is 4.74 Å². The Balaban J connectivity index is 1.63. The molecule has 0 unspecified atom stereocenters. The van der Waals surface area contributed by atoms with Crippen LogP contribution in [0.25, 0.3) is 0 Å². The Morgan fingerprint density at radius 2 is 1.93 bits per heavy atom. The Hall–Kier alpha value is -1.92. The Morgan fingerprint density at radius 3 is 2.59 bits per heavy atom. The van der Waals surface area contributed by atoms with Crippen LogP contribution < -0.4 is 10.6 Å². The molecule has 1 aromatic carbocycles. The van der Waals surface area contributed by atoms with Crippen LogP contribution in [0.5, 0.6) is 0 Å². The van der Waals surface area contributed by atoms with Gasteiger partial charge in [-0.2, -0.15) is 0 Å². The number of hydrogen-bond acceptors (Lipinski definition) is 4. The Morgan fingerprint density at radius 1 is 1.22 bits per heavy atom. The van der Waals surface area contributed by atoms with Crippen molar-refractivity contribution in [3.05, 3.63) is 29.3 Å². The molecule has 3 rings (SSSR count). The number of carbonyl (C=O) groups is 2. The van der Waals surface area contributed by atoms with Crippen LogP contribution in [0.2, 0.25) is 0 Å². The predicted octanol–water partition coefficient (Wildman–Crippen LogP) is 2.64. The summed E-state index contributed by atoms with van der Waals surface area (Å²) >= 11 is 0. The second-order valence-corrected chi connectivity index (χ2v) is 7.95. The lowest BCUT2D eigenvalue weighted by Crippen LogP contribution is -2.43. The van der Waals surface area contributed by atoms with Crippen LogP contribution >= 0.6 is 0 Å². The standard InChI is InChI=1S/C21H30N2O4/c1-15-6-7-17(12-18(15)23-20(26)16-4-2-3-5-16)19(25)22-13-21(14-24)8-10-27-11-9-21/h6-7,12,16,24H,2-5,8-11,13-14H2,1H3,(H,22,25)(H,23,26). The number of benzene rings is 1. The molecular weight excluding hydrogens is 344 g/mol. The van der Waals surface area contributed by atoms with E-state index in [0.717, 1.165) is 44.1 Å². The van der Waals surface area contributed by atoms with Crippen molar-refractivity contribution in [2.75, 3.05) is 31.7 Å². The zero-order valence-corrected chi connectivity index (χ0v) is 16.1. The topological polar surface area (TPSA) is 87.7 Å². The van der Waals surface area contributed by atoms with Gasteiger partial charge in [0.25, 0.3) is 5.91 Å². The number of ether oxygens (including phenoxy) is 1. The molecule has 0 spiro atoms. The van der Waals surface area contributed by atoms with E-state index < -0.39 is 0 Å². The van der Waals surface area contributed by atoms with Gasteiger partial charge in [-0.25, -0.2) is 0 Å². The van der Waals surface area contributed by atoms with Gasteiger partial charge in [0.1, 0.15) is 0 Å². The van der Waals surface area contributed by atoms with Gasteiger partial charge < -0.3 is 20.5 Å². The molecule has 1 aliphatic carbocycles. The Labute approximate surface area is 160 Å². The highest BCUT2D eigenvalue weighted by Gasteiger charge is 2.32. The number of hydrogen-bond donors (Lipinski definition) is 3. The number of nitrogens with one attached hydrogen (secondary N) is 2. The zero-order valence-electron chi connectivity index (χ0n) is 16.1. The summed E-state index contributed by atoms with van der Waals surface area (Å²) in [7, 11) is 0. The van der Waals surface area contributed by atoms with Gasteiger partial charge in [-0.3, -0.25) is 9.59 Å². The van der Waals surface area contributed by atoms with E-state index in [1.165, 1.54) is 0 Å². The minimum absolute atomic E-state index is 0.0350. The predicted molar refractivity (Wildman–Crippen MR) is 104 cm³/mol. The lowest BCUT2D eigenvalue weighted by molar-refractivity contribution is -0.119. The van der Waals surface area contributed by atoms with Gasteiger partial charge in [0, 0.05) is 42.3 Å². The van der Waals surface area contributed by atoms with Crippen molar-refractivity contribution < 1.29 is 19.4 Å². The van der Waals surface area contributed by atoms with Crippen LogP contribution in [0.15, 0.2) is 18.2 Å². The monoisotopic (exact) mass is 374 g/mol. The van der Waals surface area contributed by atoms with Crippen molar-refractivity contribution >= 4 is 17.5 Å². The third kappa shape index (κ3) is 4.87. The molecule has 1 aliphatic heterocycles. The molecule has 2 fully saturated rings. The molecule has 2 amide bonds. The summed E-state index contributed by atoms with van der Waals surface area (Å²) in [4.78, 5) is 25.0. The summed E-state index contributed by atoms with van der Waals surface area (Å²) in [5, 5.41) is 15.7. The lowest BCUT2D eigenvalue weighted by Gasteiger charge is -2.35. The smallest absolute Gasteiger partial charge is 0.251 e. The molecule has 0 atom stereocenters. The summed E-state index contributed by atoms with van der Waals surface area (Å²) in [6.45, 7) is 3.60. The first-order chi connectivity index (χ1) is 13.0. The highest BCUT2D eigenvalue weighted by Crippen LogP contribution is 2.29. The van der Waals surface area contributed by atoms with E-state index >= 15 is 0 Å². The van der Waals surface area contributed by atoms with Crippen molar-refractivity contribution in [3.63, 3.8) is 0 Å². The van der Waals surface area contributed by atoms with Gasteiger partial charge in [-0.15, -0.1) is 0 Å². The van der Waals surface area contributed by atoms with E-state index in [0.29, 0.717) is 31.0 Å². The molecule has 27 heavy (non-hydrogen) atoms. The molecule has 6 nitrogen and oxygen atoms in total. The van der Waals surface area contributed by atoms with Crippen LogP contribution in [0.4, 0.5) is 5.69 Å². The van der Waals surface area contributed by atoms with Crippen molar-refractivity contribution in [2.45, 2.75) is 45.4 Å². The summed E-state index contributed by atoms with van der Waals surface area (Å²) in [6.07, 6.45) is 5.57. The summed E-state index contributed by atoms with van der Waals surface area (Å²) in [5.41, 5.74) is 1.84. The lowest BCUT2D eigenvalue weighted by atomic mass is 9.81. The molecule has 148 valence electrons. The maximum Gasteiger partial charge on any atom is 0.251 e. The molecular formula is C21H30N2O4. The fourth-order valence-electron chi connectivity index (χ4n) is 3.89. The van der Waals surface area contributed by atoms with Crippen molar-refractivity contribution in [2.24, 2.45) is 11.3 Å². The van der Waals surface area contributed by atoms with Gasteiger partial charge in [0.05, 0.1) is 6.61 Å². The number of carbonyl (C=O) groups excluding carboxylic acids is 2. The van der Waals surface area contributed by atoms with E-state index in [1.54, 1.807) is 12.1 Å². The van der Waals surface area contributed by atoms with Gasteiger partial charge in [0.15, 0.2) is 0 Å². The maximum absolute atomic E-state index is 12.6. The third-order valence-corrected chi connectivity index (χ3v) is 6.00. The average Bonchev–Trinajstić information content (AvgIpc) is 3.23. The highest BCUT2D eigenvalue weighted by atomic mass is 16.5. The minimum atomic E-state index is -0.307. The molecule has 2 aliphatic rings. The van der Waals surface area contributed by atoms with Gasteiger partial charge in [-0.1, -0.05) is 18.9 Å². The first kappa shape index (κ1) is 19.8. The molecule has 0 aromatic heterocycles. The molecule has 3 N–H and O–H groups in total. The molecule has 1 saturated carbocycles. The Bertz CT molecular complexity index is 677. The Kier molecular flexibility index (Phi) is 6.50. The van der Waals surface area contributed by atoms with E-state index in [-0.39, 0.29) is 29.8 Å². The van der Waals surface area contributed by atoms with Crippen LogP contribution in [0.1, 0.15) is 54.4 Å². The second kappa shape index (κ2) is 8.85. The third-order valence-electron chi connectivity index (χ3n) is 6.00. The van der Waals surface area contributed by atoms with Crippen molar-refractivity contribution in [1.82, 2.24) is 5.32 Å².